The number of hydrogen-bond donors (Lipinski definition) is 3. The Kier molecular flexibility index (Phi) is 10.5. The van der Waals surface area contributed by atoms with E-state index in [4.69, 9.17) is 0 Å². The Bertz CT molecular complexity index is 681. The summed E-state index contributed by atoms with van der Waals surface area (Å²) in [6.07, 6.45) is 0. The molecule has 0 spiro atoms. The number of hydrogen-bond acceptors (Lipinski definition) is 4. The summed E-state index contributed by atoms with van der Waals surface area (Å²) < 4.78 is 13.6. The lowest BCUT2D eigenvalue weighted by Gasteiger charge is -2.21. The van der Waals surface area contributed by atoms with Crippen LogP contribution < -0.4 is 10.6 Å². The molecule has 26 heavy (non-hydrogen) atoms. The molecule has 0 bridgehead atoms. The van der Waals surface area contributed by atoms with Crippen LogP contribution >= 0.6 is 47.1 Å². The van der Waals surface area contributed by atoms with Gasteiger partial charge in [-0.1, -0.05) is 12.1 Å². The number of rotatable bonds is 8. The van der Waals surface area contributed by atoms with Crippen molar-refractivity contribution in [2.75, 3.05) is 25.4 Å². The first-order valence-corrected chi connectivity index (χ1v) is 10.1. The lowest BCUT2D eigenvalue weighted by Crippen LogP contribution is -2.39. The zero-order chi connectivity index (χ0) is 18.1. The molecule has 1 unspecified atom stereocenters. The lowest BCUT2D eigenvalue weighted by molar-refractivity contribution is 0.0677. The third kappa shape index (κ3) is 7.42. The summed E-state index contributed by atoms with van der Waals surface area (Å²) in [5, 5.41) is 20.8. The van der Waals surface area contributed by atoms with E-state index in [0.29, 0.717) is 23.2 Å². The van der Waals surface area contributed by atoms with Crippen molar-refractivity contribution in [2.45, 2.75) is 24.3 Å². The predicted molar refractivity (Wildman–Crippen MR) is 120 cm³/mol. The van der Waals surface area contributed by atoms with Crippen molar-refractivity contribution in [1.29, 1.82) is 0 Å². The Morgan fingerprint density at radius 3 is 2.73 bits per heavy atom. The van der Waals surface area contributed by atoms with Crippen molar-refractivity contribution in [3.05, 3.63) is 52.5 Å². The molecule has 1 aromatic carbocycles. The second-order valence-electron chi connectivity index (χ2n) is 5.69. The van der Waals surface area contributed by atoms with Gasteiger partial charge < -0.3 is 15.7 Å². The second-order valence-corrected chi connectivity index (χ2v) is 7.60. The van der Waals surface area contributed by atoms with Crippen LogP contribution in [0.1, 0.15) is 19.4 Å². The average Bonchev–Trinajstić information content (AvgIpc) is 3.13. The first-order chi connectivity index (χ1) is 12.0. The fraction of sp³-hybridized carbons (Fsp3) is 0.389. The van der Waals surface area contributed by atoms with Gasteiger partial charge in [-0.3, -0.25) is 0 Å². The molecule has 0 saturated carbocycles. The molecule has 4 nitrogen and oxygen atoms in total. The number of aliphatic imine (C=N–C) groups is 1. The van der Waals surface area contributed by atoms with Crippen molar-refractivity contribution < 1.29 is 9.50 Å². The van der Waals surface area contributed by atoms with E-state index in [1.54, 1.807) is 30.4 Å². The van der Waals surface area contributed by atoms with E-state index in [9.17, 15) is 9.50 Å². The minimum Gasteiger partial charge on any atom is -0.383 e. The van der Waals surface area contributed by atoms with Gasteiger partial charge in [0.2, 0.25) is 0 Å². The summed E-state index contributed by atoms with van der Waals surface area (Å²) in [5.74, 6) is 1.17. The topological polar surface area (TPSA) is 56.7 Å². The predicted octanol–water partition coefficient (Wildman–Crippen LogP) is 4.06. The molecule has 0 fully saturated rings. The highest BCUT2D eigenvalue weighted by molar-refractivity contribution is 14.0. The summed E-state index contributed by atoms with van der Waals surface area (Å²) >= 11 is 3.01. The van der Waals surface area contributed by atoms with Crippen LogP contribution in [0.2, 0.25) is 0 Å². The minimum atomic E-state index is -0.996. The van der Waals surface area contributed by atoms with Gasteiger partial charge >= 0.3 is 0 Å². The Hall–Kier alpha value is -0.840. The van der Waals surface area contributed by atoms with Gasteiger partial charge in [-0.15, -0.1) is 35.7 Å². The number of aliphatic hydroxyl groups is 1. The smallest absolute Gasteiger partial charge is 0.191 e. The molecule has 1 aromatic heterocycles. The number of benzene rings is 1. The molecule has 2 aromatic rings. The molecular weight excluding hydrogens is 484 g/mol. The SMILES string of the molecule is CCNC(=NCC(C)(O)c1ccsc1)NCCSc1ccccc1F.I. The van der Waals surface area contributed by atoms with Gasteiger partial charge in [0.05, 0.1) is 6.54 Å². The molecule has 0 aliphatic heterocycles. The zero-order valence-electron chi connectivity index (χ0n) is 14.9. The van der Waals surface area contributed by atoms with Crippen LogP contribution in [0.3, 0.4) is 0 Å². The van der Waals surface area contributed by atoms with Crippen molar-refractivity contribution in [3.8, 4) is 0 Å². The van der Waals surface area contributed by atoms with E-state index in [2.05, 4.69) is 15.6 Å². The number of guanidine groups is 1. The molecular formula is C18H25FIN3OS2. The van der Waals surface area contributed by atoms with Gasteiger partial charge in [0.15, 0.2) is 5.96 Å². The van der Waals surface area contributed by atoms with Crippen LogP contribution in [0, 0.1) is 5.82 Å². The minimum absolute atomic E-state index is 0. The molecule has 0 saturated heterocycles. The normalized spacial score (nSPS) is 13.6. The maximum absolute atomic E-state index is 13.6. The van der Waals surface area contributed by atoms with Crippen molar-refractivity contribution in [1.82, 2.24) is 10.6 Å². The summed E-state index contributed by atoms with van der Waals surface area (Å²) in [7, 11) is 0. The van der Waals surface area contributed by atoms with Crippen LogP contribution in [0.5, 0.6) is 0 Å². The van der Waals surface area contributed by atoms with Gasteiger partial charge in [-0.05, 0) is 48.4 Å². The summed E-state index contributed by atoms with van der Waals surface area (Å²) in [4.78, 5) is 5.11. The molecule has 0 amide bonds. The monoisotopic (exact) mass is 509 g/mol. The maximum Gasteiger partial charge on any atom is 0.191 e. The van der Waals surface area contributed by atoms with Gasteiger partial charge in [-0.25, -0.2) is 9.38 Å². The number of nitrogens with one attached hydrogen (secondary N) is 2. The molecule has 0 aliphatic carbocycles. The van der Waals surface area contributed by atoms with Crippen molar-refractivity contribution in [2.24, 2.45) is 4.99 Å². The van der Waals surface area contributed by atoms with E-state index in [0.717, 1.165) is 12.1 Å². The Morgan fingerprint density at radius 2 is 2.08 bits per heavy atom. The summed E-state index contributed by atoms with van der Waals surface area (Å²) in [5.41, 5.74) is -0.128. The number of halogens is 2. The van der Waals surface area contributed by atoms with Crippen LogP contribution in [-0.2, 0) is 5.60 Å². The summed E-state index contributed by atoms with van der Waals surface area (Å²) in [6.45, 7) is 5.39. The van der Waals surface area contributed by atoms with Crippen LogP contribution in [0.4, 0.5) is 4.39 Å². The highest BCUT2D eigenvalue weighted by Gasteiger charge is 2.23. The number of thiophene rings is 1. The second kappa shape index (κ2) is 11.8. The van der Waals surface area contributed by atoms with Crippen LogP contribution in [-0.4, -0.2) is 36.5 Å². The average molecular weight is 509 g/mol. The van der Waals surface area contributed by atoms with E-state index >= 15 is 0 Å². The van der Waals surface area contributed by atoms with E-state index in [1.165, 1.54) is 17.8 Å². The first-order valence-electron chi connectivity index (χ1n) is 8.17. The van der Waals surface area contributed by atoms with Crippen LogP contribution in [0.15, 0.2) is 51.0 Å². The number of nitrogens with zero attached hydrogens (tertiary/aromatic N) is 1. The largest absolute Gasteiger partial charge is 0.383 e. The molecule has 0 aliphatic rings. The van der Waals surface area contributed by atoms with Gasteiger partial charge in [-0.2, -0.15) is 11.3 Å². The Balaban J connectivity index is 0.00000338. The van der Waals surface area contributed by atoms with Gasteiger partial charge in [0.1, 0.15) is 11.4 Å². The fourth-order valence-corrected chi connectivity index (χ4v) is 3.72. The van der Waals surface area contributed by atoms with E-state index in [1.807, 2.05) is 29.8 Å². The molecule has 8 heteroatoms. The molecule has 0 radical (unpaired) electrons. The molecule has 1 heterocycles. The van der Waals surface area contributed by atoms with Gasteiger partial charge in [0, 0.05) is 23.7 Å². The van der Waals surface area contributed by atoms with Crippen molar-refractivity contribution in [3.63, 3.8) is 0 Å². The Labute approximate surface area is 179 Å². The first kappa shape index (κ1) is 23.2. The molecule has 144 valence electrons. The Morgan fingerprint density at radius 1 is 1.31 bits per heavy atom. The molecule has 3 N–H and O–H groups in total. The highest BCUT2D eigenvalue weighted by Crippen LogP contribution is 2.23. The fourth-order valence-electron chi connectivity index (χ4n) is 2.13. The summed E-state index contributed by atoms with van der Waals surface area (Å²) in [6, 6.07) is 8.67. The zero-order valence-corrected chi connectivity index (χ0v) is 18.8. The quantitative estimate of drug-likeness (QED) is 0.165. The molecule has 2 rings (SSSR count). The van der Waals surface area contributed by atoms with Crippen molar-refractivity contribution >= 4 is 53.0 Å². The van der Waals surface area contributed by atoms with Crippen LogP contribution in [0.25, 0.3) is 0 Å². The van der Waals surface area contributed by atoms with E-state index < -0.39 is 5.60 Å². The standard InChI is InChI=1S/C18H24FN3OS2.HI/c1-3-20-17(22-13-18(2,23)14-8-10-24-12-14)21-9-11-25-16-7-5-4-6-15(16)19;/h4-8,10,12,23H,3,9,11,13H2,1-2H3,(H2,20,21,22);1H. The lowest BCUT2D eigenvalue weighted by atomic mass is 10.00. The van der Waals surface area contributed by atoms with Gasteiger partial charge in [0.25, 0.3) is 0 Å². The number of thioether (sulfide) groups is 1. The van der Waals surface area contributed by atoms with E-state index in [-0.39, 0.29) is 36.3 Å². The molecule has 1 atom stereocenters. The maximum atomic E-state index is 13.6. The third-order valence-corrected chi connectivity index (χ3v) is 5.25. The third-order valence-electron chi connectivity index (χ3n) is 3.52. The highest BCUT2D eigenvalue weighted by atomic mass is 127.